The van der Waals surface area contributed by atoms with Crippen molar-refractivity contribution in [2.24, 2.45) is 29.1 Å². The van der Waals surface area contributed by atoms with E-state index in [0.29, 0.717) is 5.78 Å². The third-order valence-electron chi connectivity index (χ3n) is 6.00. The van der Waals surface area contributed by atoms with Gasteiger partial charge in [-0.2, -0.15) is 0 Å². The van der Waals surface area contributed by atoms with E-state index in [2.05, 4.69) is 0 Å². The number of Topliss-reactive ketones (excluding diaryl/α,β-unsaturated/α-hetero) is 2. The molecule has 0 atom stereocenters. The molecule has 0 aromatic carbocycles. The Hall–Kier alpha value is -0.660. The molecule has 18 heavy (non-hydrogen) atoms. The molecule has 2 nitrogen and oxygen atoms in total. The van der Waals surface area contributed by atoms with E-state index in [9.17, 15) is 9.59 Å². The molecule has 5 saturated carbocycles. The number of ketones is 2. The fourth-order valence-electron chi connectivity index (χ4n) is 5.35. The lowest BCUT2D eigenvalue weighted by Crippen LogP contribution is -2.50. The van der Waals surface area contributed by atoms with Gasteiger partial charge >= 0.3 is 0 Å². The Morgan fingerprint density at radius 1 is 0.889 bits per heavy atom. The number of carbonyl (C=O) groups excluding carboxylic acids is 2. The van der Waals surface area contributed by atoms with Crippen LogP contribution >= 0.6 is 0 Å². The normalized spacial score (nSPS) is 45.2. The summed E-state index contributed by atoms with van der Waals surface area (Å²) < 4.78 is 0. The molecule has 0 amide bonds. The van der Waals surface area contributed by atoms with Gasteiger partial charge < -0.3 is 0 Å². The molecule has 5 rings (SSSR count). The van der Waals surface area contributed by atoms with Crippen LogP contribution in [0.5, 0.6) is 0 Å². The number of rotatable bonds is 4. The summed E-state index contributed by atoms with van der Waals surface area (Å²) >= 11 is 0. The molecule has 5 aliphatic carbocycles. The zero-order valence-corrected chi connectivity index (χ0v) is 11.0. The molecule has 0 aromatic heterocycles. The summed E-state index contributed by atoms with van der Waals surface area (Å²) in [6.45, 7) is 0. The van der Waals surface area contributed by atoms with Gasteiger partial charge in [-0.15, -0.1) is 0 Å². The van der Waals surface area contributed by atoms with E-state index in [4.69, 9.17) is 0 Å². The zero-order chi connectivity index (χ0) is 12.3. The molecule has 98 valence electrons. The van der Waals surface area contributed by atoms with Gasteiger partial charge in [0.25, 0.3) is 0 Å². The van der Waals surface area contributed by atoms with Crippen molar-refractivity contribution >= 4 is 11.6 Å². The molecule has 0 saturated heterocycles. The van der Waals surface area contributed by atoms with E-state index in [1.807, 2.05) is 0 Å². The van der Waals surface area contributed by atoms with Crippen molar-refractivity contribution in [3.8, 4) is 0 Å². The molecule has 5 fully saturated rings. The second kappa shape index (κ2) is 3.68. The second-order valence-corrected chi connectivity index (χ2v) is 7.54. The molecule has 0 aromatic rings. The fourth-order valence-corrected chi connectivity index (χ4v) is 5.35. The van der Waals surface area contributed by atoms with Crippen LogP contribution in [0.3, 0.4) is 0 Å². The molecule has 0 radical (unpaired) electrons. The van der Waals surface area contributed by atoms with E-state index >= 15 is 0 Å². The van der Waals surface area contributed by atoms with Crippen LogP contribution in [0.15, 0.2) is 0 Å². The van der Waals surface area contributed by atoms with Crippen LogP contribution in [0.1, 0.15) is 57.8 Å². The highest BCUT2D eigenvalue weighted by molar-refractivity contribution is 6.03. The van der Waals surface area contributed by atoms with Gasteiger partial charge in [0.1, 0.15) is 11.6 Å². The summed E-state index contributed by atoms with van der Waals surface area (Å²) in [5, 5.41) is 0. The standard InChI is InChI=1S/C16H22O2/c17-14(13-1-2-13)6-15(18)16-7-10-3-11(8-16)5-12(4-10)9-16/h10-13H,1-9H2. The lowest BCUT2D eigenvalue weighted by molar-refractivity contribution is -0.146. The van der Waals surface area contributed by atoms with E-state index in [1.54, 1.807) is 0 Å². The Morgan fingerprint density at radius 3 is 1.83 bits per heavy atom. The first-order valence-electron chi connectivity index (χ1n) is 7.71. The lowest BCUT2D eigenvalue weighted by Gasteiger charge is -2.56. The Bertz CT molecular complexity index is 370. The van der Waals surface area contributed by atoms with Crippen LogP contribution in [0.25, 0.3) is 0 Å². The average Bonchev–Trinajstić information content (AvgIpc) is 3.10. The SMILES string of the molecule is O=C(CC(=O)C12CC3CC(CC(C3)C1)C2)C1CC1. The third kappa shape index (κ3) is 1.68. The third-order valence-corrected chi connectivity index (χ3v) is 6.00. The molecule has 0 heterocycles. The summed E-state index contributed by atoms with van der Waals surface area (Å²) in [5.41, 5.74) is -0.0563. The molecular formula is C16H22O2. The van der Waals surface area contributed by atoms with Gasteiger partial charge in [-0.1, -0.05) is 0 Å². The molecule has 4 bridgehead atoms. The summed E-state index contributed by atoms with van der Waals surface area (Å²) in [4.78, 5) is 24.5. The molecule has 5 aliphatic rings. The predicted octanol–water partition coefficient (Wildman–Crippen LogP) is 3.14. The summed E-state index contributed by atoms with van der Waals surface area (Å²) in [7, 11) is 0. The maximum atomic E-state index is 12.6. The maximum absolute atomic E-state index is 12.6. The Kier molecular flexibility index (Phi) is 2.29. The minimum atomic E-state index is -0.0563. The van der Waals surface area contributed by atoms with Crippen molar-refractivity contribution < 1.29 is 9.59 Å². The molecular weight excluding hydrogens is 224 g/mol. The van der Waals surface area contributed by atoms with Crippen LogP contribution in [0, 0.1) is 29.1 Å². The van der Waals surface area contributed by atoms with Crippen molar-refractivity contribution in [3.63, 3.8) is 0 Å². The van der Waals surface area contributed by atoms with Gasteiger partial charge in [0.15, 0.2) is 0 Å². The topological polar surface area (TPSA) is 34.1 Å². The Balaban J connectivity index is 1.52. The van der Waals surface area contributed by atoms with Crippen LogP contribution in [-0.2, 0) is 9.59 Å². The van der Waals surface area contributed by atoms with E-state index in [0.717, 1.165) is 49.9 Å². The van der Waals surface area contributed by atoms with Crippen molar-refractivity contribution in [1.29, 1.82) is 0 Å². The predicted molar refractivity (Wildman–Crippen MR) is 68.0 cm³/mol. The molecule has 2 heteroatoms. The molecule has 0 spiro atoms. The number of hydrogen-bond donors (Lipinski definition) is 0. The molecule has 0 aliphatic heterocycles. The maximum Gasteiger partial charge on any atom is 0.146 e. The van der Waals surface area contributed by atoms with Gasteiger partial charge in [-0.05, 0) is 69.1 Å². The van der Waals surface area contributed by atoms with Gasteiger partial charge in [-0.25, -0.2) is 0 Å². The number of carbonyl (C=O) groups is 2. The highest BCUT2D eigenvalue weighted by atomic mass is 16.1. The quantitative estimate of drug-likeness (QED) is 0.714. The largest absolute Gasteiger partial charge is 0.299 e. The van der Waals surface area contributed by atoms with Crippen molar-refractivity contribution in [3.05, 3.63) is 0 Å². The van der Waals surface area contributed by atoms with E-state index in [1.165, 1.54) is 19.3 Å². The van der Waals surface area contributed by atoms with Gasteiger partial charge in [0.05, 0.1) is 6.42 Å². The minimum absolute atomic E-state index is 0.0563. The summed E-state index contributed by atoms with van der Waals surface area (Å²) in [6, 6.07) is 0. The highest BCUT2D eigenvalue weighted by Crippen LogP contribution is 2.60. The smallest absolute Gasteiger partial charge is 0.146 e. The molecule has 0 N–H and O–H groups in total. The van der Waals surface area contributed by atoms with E-state index < -0.39 is 0 Å². The second-order valence-electron chi connectivity index (χ2n) is 7.54. The highest BCUT2D eigenvalue weighted by Gasteiger charge is 2.54. The average molecular weight is 246 g/mol. The van der Waals surface area contributed by atoms with Gasteiger partial charge in [0, 0.05) is 11.3 Å². The first kappa shape index (κ1) is 11.2. The van der Waals surface area contributed by atoms with Crippen molar-refractivity contribution in [1.82, 2.24) is 0 Å². The van der Waals surface area contributed by atoms with Crippen LogP contribution in [-0.4, -0.2) is 11.6 Å². The Labute approximate surface area is 109 Å². The summed E-state index contributed by atoms with van der Waals surface area (Å²) in [6.07, 6.45) is 9.74. The zero-order valence-electron chi connectivity index (χ0n) is 11.0. The van der Waals surface area contributed by atoms with Crippen molar-refractivity contribution in [2.45, 2.75) is 57.8 Å². The first-order chi connectivity index (χ1) is 8.64. The van der Waals surface area contributed by atoms with Crippen molar-refractivity contribution in [2.75, 3.05) is 0 Å². The summed E-state index contributed by atoms with van der Waals surface area (Å²) in [5.74, 6) is 3.22. The van der Waals surface area contributed by atoms with Crippen LogP contribution < -0.4 is 0 Å². The lowest BCUT2D eigenvalue weighted by atomic mass is 9.48. The van der Waals surface area contributed by atoms with Crippen LogP contribution in [0.4, 0.5) is 0 Å². The van der Waals surface area contributed by atoms with Gasteiger partial charge in [-0.3, -0.25) is 9.59 Å². The molecule has 0 unspecified atom stereocenters. The Morgan fingerprint density at radius 2 is 1.39 bits per heavy atom. The first-order valence-corrected chi connectivity index (χ1v) is 7.71. The minimum Gasteiger partial charge on any atom is -0.299 e. The monoisotopic (exact) mass is 246 g/mol. The number of hydrogen-bond acceptors (Lipinski definition) is 2. The van der Waals surface area contributed by atoms with E-state index in [-0.39, 0.29) is 23.5 Å². The fraction of sp³-hybridized carbons (Fsp3) is 0.875. The van der Waals surface area contributed by atoms with Crippen LogP contribution in [0.2, 0.25) is 0 Å². The van der Waals surface area contributed by atoms with Gasteiger partial charge in [0.2, 0.25) is 0 Å².